The van der Waals surface area contributed by atoms with Crippen molar-refractivity contribution < 1.29 is 4.79 Å². The predicted octanol–water partition coefficient (Wildman–Crippen LogP) is -0.274. The predicted molar refractivity (Wildman–Crippen MR) is 46.5 cm³/mol. The Labute approximate surface area is 72.8 Å². The number of fused-ring (bicyclic) bond motifs is 1. The lowest BCUT2D eigenvalue weighted by atomic mass is 10.4. The van der Waals surface area contributed by atoms with Gasteiger partial charge in [-0.1, -0.05) is 0 Å². The molecule has 0 aliphatic carbocycles. The lowest BCUT2D eigenvalue weighted by molar-refractivity contribution is 0.0995. The number of aromatic nitrogens is 2. The van der Waals surface area contributed by atoms with Crippen molar-refractivity contribution in [1.82, 2.24) is 9.38 Å². The first kappa shape index (κ1) is 7.60. The van der Waals surface area contributed by atoms with Gasteiger partial charge in [0, 0.05) is 24.5 Å². The Bertz CT molecular complexity index is 523. The number of hydrogen-bond donors (Lipinski definition) is 2. The molecule has 0 fully saturated rings. The highest BCUT2D eigenvalue weighted by Gasteiger charge is 2.06. The first-order chi connectivity index (χ1) is 6.18. The van der Waals surface area contributed by atoms with Crippen LogP contribution in [0.4, 0.5) is 0 Å². The zero-order valence-corrected chi connectivity index (χ0v) is 6.65. The summed E-state index contributed by atoms with van der Waals surface area (Å²) in [6.07, 6.45) is 2.98. The number of carbonyl (C=O) groups is 1. The van der Waals surface area contributed by atoms with Gasteiger partial charge >= 0.3 is 0 Å². The number of amides is 1. The van der Waals surface area contributed by atoms with E-state index in [1.807, 2.05) is 0 Å². The molecular weight excluding hydrogens is 170 g/mol. The molecule has 0 aliphatic heterocycles. The molecule has 2 aromatic heterocycles. The van der Waals surface area contributed by atoms with Crippen molar-refractivity contribution in [3.05, 3.63) is 40.4 Å². The van der Waals surface area contributed by atoms with Crippen LogP contribution >= 0.6 is 0 Å². The number of pyridine rings is 1. The molecule has 0 atom stereocenters. The molecule has 0 radical (unpaired) electrons. The normalized spacial score (nSPS) is 10.5. The largest absolute Gasteiger partial charge is 0.364 e. The van der Waals surface area contributed by atoms with E-state index in [9.17, 15) is 9.59 Å². The number of aromatic amines is 1. The van der Waals surface area contributed by atoms with Crippen LogP contribution in [0.15, 0.2) is 29.3 Å². The van der Waals surface area contributed by atoms with Gasteiger partial charge in [-0.25, -0.2) is 0 Å². The van der Waals surface area contributed by atoms with Crippen LogP contribution in [-0.2, 0) is 0 Å². The molecule has 5 heteroatoms. The fraction of sp³-hybridized carbons (Fsp3) is 0. The summed E-state index contributed by atoms with van der Waals surface area (Å²) in [7, 11) is 0. The maximum atomic E-state index is 10.9. The molecular formula is C8H7N3O2. The fourth-order valence-corrected chi connectivity index (χ4v) is 1.20. The van der Waals surface area contributed by atoms with Gasteiger partial charge in [0.15, 0.2) is 5.43 Å². The molecule has 13 heavy (non-hydrogen) atoms. The van der Waals surface area contributed by atoms with Crippen molar-refractivity contribution in [2.24, 2.45) is 5.73 Å². The maximum Gasteiger partial charge on any atom is 0.267 e. The first-order valence-corrected chi connectivity index (χ1v) is 3.68. The summed E-state index contributed by atoms with van der Waals surface area (Å²) in [6, 6.07) is 2.76. The Morgan fingerprint density at radius 2 is 2.31 bits per heavy atom. The molecule has 0 aliphatic rings. The van der Waals surface area contributed by atoms with Crippen LogP contribution in [0, 0.1) is 0 Å². The summed E-state index contributed by atoms with van der Waals surface area (Å²) in [4.78, 5) is 24.5. The number of imidazole rings is 1. The third-order valence-corrected chi connectivity index (χ3v) is 1.80. The van der Waals surface area contributed by atoms with Crippen LogP contribution < -0.4 is 11.2 Å². The van der Waals surface area contributed by atoms with Crippen molar-refractivity contribution in [1.29, 1.82) is 0 Å². The van der Waals surface area contributed by atoms with Crippen molar-refractivity contribution in [2.45, 2.75) is 0 Å². The van der Waals surface area contributed by atoms with Crippen LogP contribution in [-0.4, -0.2) is 15.3 Å². The third-order valence-electron chi connectivity index (χ3n) is 1.80. The summed E-state index contributed by atoms with van der Waals surface area (Å²) in [5.74, 6) is -0.533. The van der Waals surface area contributed by atoms with Crippen molar-refractivity contribution in [3.63, 3.8) is 0 Å². The summed E-state index contributed by atoms with van der Waals surface area (Å²) in [5.41, 5.74) is 5.88. The summed E-state index contributed by atoms with van der Waals surface area (Å²) in [5, 5.41) is 0. The molecule has 0 bridgehead atoms. The number of rotatable bonds is 1. The van der Waals surface area contributed by atoms with Crippen LogP contribution in [0.3, 0.4) is 0 Å². The molecule has 5 nitrogen and oxygen atoms in total. The van der Waals surface area contributed by atoms with E-state index in [0.717, 1.165) is 0 Å². The first-order valence-electron chi connectivity index (χ1n) is 3.68. The number of nitrogens with zero attached hydrogens (tertiary/aromatic N) is 1. The molecule has 0 aromatic carbocycles. The van der Waals surface area contributed by atoms with Gasteiger partial charge in [-0.05, 0) is 0 Å². The van der Waals surface area contributed by atoms with E-state index in [2.05, 4.69) is 4.98 Å². The Kier molecular flexibility index (Phi) is 1.45. The highest BCUT2D eigenvalue weighted by atomic mass is 16.1. The Morgan fingerprint density at radius 1 is 1.54 bits per heavy atom. The zero-order chi connectivity index (χ0) is 9.42. The SMILES string of the molecule is NC(=O)c1c[nH]c2cc(=O)ccn12. The van der Waals surface area contributed by atoms with Gasteiger partial charge in [-0.2, -0.15) is 0 Å². The second kappa shape index (κ2) is 2.48. The average Bonchev–Trinajstić information content (AvgIpc) is 2.46. The molecule has 2 aromatic rings. The van der Waals surface area contributed by atoms with Crippen LogP contribution in [0.2, 0.25) is 0 Å². The molecule has 1 amide bonds. The number of nitrogens with two attached hydrogens (primary N) is 1. The molecule has 2 heterocycles. The van der Waals surface area contributed by atoms with Crippen molar-refractivity contribution in [2.75, 3.05) is 0 Å². The minimum absolute atomic E-state index is 0.113. The van der Waals surface area contributed by atoms with Gasteiger partial charge in [0.1, 0.15) is 11.3 Å². The minimum atomic E-state index is -0.533. The Balaban J connectivity index is 2.83. The van der Waals surface area contributed by atoms with Gasteiger partial charge in [0.25, 0.3) is 5.91 Å². The lowest BCUT2D eigenvalue weighted by Gasteiger charge is -1.94. The van der Waals surface area contributed by atoms with Gasteiger partial charge in [-0.3, -0.25) is 14.0 Å². The van der Waals surface area contributed by atoms with Gasteiger partial charge in [0.2, 0.25) is 0 Å². The zero-order valence-electron chi connectivity index (χ0n) is 6.65. The van der Waals surface area contributed by atoms with Gasteiger partial charge < -0.3 is 10.7 Å². The molecule has 0 saturated carbocycles. The van der Waals surface area contributed by atoms with E-state index in [1.54, 1.807) is 0 Å². The maximum absolute atomic E-state index is 10.9. The van der Waals surface area contributed by atoms with E-state index >= 15 is 0 Å². The minimum Gasteiger partial charge on any atom is -0.364 e. The van der Waals surface area contributed by atoms with Crippen LogP contribution in [0.5, 0.6) is 0 Å². The number of hydrogen-bond acceptors (Lipinski definition) is 2. The van der Waals surface area contributed by atoms with E-state index in [4.69, 9.17) is 5.73 Å². The van der Waals surface area contributed by atoms with Gasteiger partial charge in [0.05, 0.1) is 0 Å². The topological polar surface area (TPSA) is 80.4 Å². The van der Waals surface area contributed by atoms with E-state index < -0.39 is 5.91 Å². The summed E-state index contributed by atoms with van der Waals surface area (Å²) in [6.45, 7) is 0. The van der Waals surface area contributed by atoms with E-state index in [0.29, 0.717) is 11.3 Å². The lowest BCUT2D eigenvalue weighted by Crippen LogP contribution is -2.14. The number of carbonyl (C=O) groups excluding carboxylic acids is 1. The van der Waals surface area contributed by atoms with Crippen LogP contribution in [0.1, 0.15) is 10.5 Å². The van der Waals surface area contributed by atoms with E-state index in [1.165, 1.54) is 28.9 Å². The number of primary amides is 1. The molecule has 0 unspecified atom stereocenters. The average molecular weight is 177 g/mol. The Hall–Kier alpha value is -2.04. The van der Waals surface area contributed by atoms with Gasteiger partial charge in [-0.15, -0.1) is 0 Å². The second-order valence-electron chi connectivity index (χ2n) is 2.66. The third kappa shape index (κ3) is 1.10. The van der Waals surface area contributed by atoms with Crippen LogP contribution in [0.25, 0.3) is 5.65 Å². The molecule has 3 N–H and O–H groups in total. The highest BCUT2D eigenvalue weighted by molar-refractivity contribution is 5.91. The smallest absolute Gasteiger partial charge is 0.267 e. The molecule has 2 rings (SSSR count). The Morgan fingerprint density at radius 3 is 3.00 bits per heavy atom. The second-order valence-corrected chi connectivity index (χ2v) is 2.66. The number of H-pyrrole nitrogens is 1. The standard InChI is InChI=1S/C8H7N3O2/c9-8(13)6-4-10-7-3-5(12)1-2-11(6)7/h1-4,10H,(H2,9,13). The quantitative estimate of drug-likeness (QED) is 0.628. The molecule has 66 valence electrons. The summed E-state index contributed by atoms with van der Waals surface area (Å²) < 4.78 is 1.53. The molecule has 0 spiro atoms. The molecule has 0 saturated heterocycles. The highest BCUT2D eigenvalue weighted by Crippen LogP contribution is 2.02. The fourth-order valence-electron chi connectivity index (χ4n) is 1.20. The number of nitrogens with one attached hydrogen (secondary N) is 1. The van der Waals surface area contributed by atoms with E-state index in [-0.39, 0.29) is 5.43 Å². The van der Waals surface area contributed by atoms with Crippen molar-refractivity contribution >= 4 is 11.6 Å². The monoisotopic (exact) mass is 177 g/mol. The van der Waals surface area contributed by atoms with Crippen molar-refractivity contribution in [3.8, 4) is 0 Å². The summed E-state index contributed by atoms with van der Waals surface area (Å²) >= 11 is 0.